The number of rotatable bonds is 2. The van der Waals surface area contributed by atoms with E-state index in [0.717, 1.165) is 24.0 Å². The van der Waals surface area contributed by atoms with E-state index in [0.29, 0.717) is 6.04 Å². The summed E-state index contributed by atoms with van der Waals surface area (Å²) in [6, 6.07) is 6.87. The van der Waals surface area contributed by atoms with Crippen LogP contribution < -0.4 is 10.6 Å². The van der Waals surface area contributed by atoms with E-state index in [1.165, 1.54) is 12.1 Å². The molecule has 3 N–H and O–H groups in total. The molecule has 1 saturated heterocycles. The van der Waals surface area contributed by atoms with Crippen molar-refractivity contribution in [3.8, 4) is 0 Å². The monoisotopic (exact) mass is 202 g/mol. The molecular formula is C11H14N4. The minimum atomic E-state index is 0.561. The Kier molecular flexibility index (Phi) is 2.07. The molecule has 1 aromatic carbocycles. The maximum atomic E-state index is 4.01. The standard InChI is InChI=1S/C11H14N4/c1-2-9(14-10-3-4-12-7-10)5-11-8(1)6-13-15-11/h1-2,5-6,10,12,14H,3-4,7H2,(H,13,15). The van der Waals surface area contributed by atoms with Gasteiger partial charge in [-0.2, -0.15) is 5.10 Å². The maximum absolute atomic E-state index is 4.01. The first kappa shape index (κ1) is 8.73. The van der Waals surface area contributed by atoms with Gasteiger partial charge < -0.3 is 10.6 Å². The van der Waals surface area contributed by atoms with Crippen LogP contribution in [0.4, 0.5) is 5.69 Å². The number of anilines is 1. The summed E-state index contributed by atoms with van der Waals surface area (Å²) < 4.78 is 0. The molecule has 0 saturated carbocycles. The highest BCUT2D eigenvalue weighted by Gasteiger charge is 2.13. The summed E-state index contributed by atoms with van der Waals surface area (Å²) in [5, 5.41) is 15.0. The number of aromatic amines is 1. The number of benzene rings is 1. The van der Waals surface area contributed by atoms with Crippen LogP contribution in [0, 0.1) is 0 Å². The molecule has 0 amide bonds. The van der Waals surface area contributed by atoms with E-state index in [1.807, 2.05) is 6.20 Å². The number of aromatic nitrogens is 2. The van der Waals surface area contributed by atoms with Crippen LogP contribution in [0.2, 0.25) is 0 Å². The second-order valence-electron chi connectivity index (χ2n) is 4.01. The molecular weight excluding hydrogens is 188 g/mol. The molecule has 1 unspecified atom stereocenters. The highest BCUT2D eigenvalue weighted by molar-refractivity contribution is 5.81. The van der Waals surface area contributed by atoms with E-state index in [4.69, 9.17) is 0 Å². The van der Waals surface area contributed by atoms with Gasteiger partial charge in [-0.3, -0.25) is 5.10 Å². The Morgan fingerprint density at radius 3 is 3.27 bits per heavy atom. The van der Waals surface area contributed by atoms with Gasteiger partial charge in [0, 0.05) is 23.7 Å². The minimum absolute atomic E-state index is 0.561. The lowest BCUT2D eigenvalue weighted by Gasteiger charge is -2.12. The summed E-state index contributed by atoms with van der Waals surface area (Å²) in [7, 11) is 0. The average Bonchev–Trinajstić information content (AvgIpc) is 2.87. The molecule has 0 aliphatic carbocycles. The van der Waals surface area contributed by atoms with E-state index < -0.39 is 0 Å². The Balaban J connectivity index is 1.84. The molecule has 1 aliphatic rings. The third kappa shape index (κ3) is 1.68. The highest BCUT2D eigenvalue weighted by Crippen LogP contribution is 2.18. The van der Waals surface area contributed by atoms with Crippen molar-refractivity contribution in [3.05, 3.63) is 24.4 Å². The normalized spacial score (nSPS) is 20.9. The Morgan fingerprint density at radius 1 is 1.40 bits per heavy atom. The lowest BCUT2D eigenvalue weighted by Crippen LogP contribution is -2.21. The molecule has 0 radical (unpaired) electrons. The van der Waals surface area contributed by atoms with Crippen molar-refractivity contribution in [3.63, 3.8) is 0 Å². The second-order valence-corrected chi connectivity index (χ2v) is 4.01. The fraction of sp³-hybridized carbons (Fsp3) is 0.364. The third-order valence-corrected chi connectivity index (χ3v) is 2.87. The summed E-state index contributed by atoms with van der Waals surface area (Å²) in [6.45, 7) is 2.17. The molecule has 2 aromatic rings. The maximum Gasteiger partial charge on any atom is 0.0670 e. The van der Waals surface area contributed by atoms with Gasteiger partial charge in [0.15, 0.2) is 0 Å². The van der Waals surface area contributed by atoms with Crippen LogP contribution in [0.15, 0.2) is 24.4 Å². The van der Waals surface area contributed by atoms with Crippen molar-refractivity contribution in [1.29, 1.82) is 0 Å². The first-order valence-corrected chi connectivity index (χ1v) is 5.32. The molecule has 78 valence electrons. The molecule has 1 aromatic heterocycles. The number of H-pyrrole nitrogens is 1. The molecule has 1 atom stereocenters. The van der Waals surface area contributed by atoms with E-state index in [2.05, 4.69) is 39.0 Å². The first-order chi connectivity index (χ1) is 7.42. The summed E-state index contributed by atoms with van der Waals surface area (Å²) in [4.78, 5) is 0. The van der Waals surface area contributed by atoms with Crippen LogP contribution in [0.25, 0.3) is 10.9 Å². The number of nitrogens with one attached hydrogen (secondary N) is 3. The number of fused-ring (bicyclic) bond motifs is 1. The van der Waals surface area contributed by atoms with Crippen LogP contribution >= 0.6 is 0 Å². The fourth-order valence-corrected chi connectivity index (χ4v) is 2.04. The van der Waals surface area contributed by atoms with E-state index in [9.17, 15) is 0 Å². The quantitative estimate of drug-likeness (QED) is 0.688. The predicted molar refractivity (Wildman–Crippen MR) is 61.0 cm³/mol. The summed E-state index contributed by atoms with van der Waals surface area (Å²) in [5.41, 5.74) is 2.26. The van der Waals surface area contributed by atoms with Crippen LogP contribution in [-0.4, -0.2) is 29.3 Å². The topological polar surface area (TPSA) is 52.7 Å². The van der Waals surface area contributed by atoms with Crippen LogP contribution in [-0.2, 0) is 0 Å². The Bertz CT molecular complexity index is 456. The van der Waals surface area contributed by atoms with Gasteiger partial charge in [0.25, 0.3) is 0 Å². The van der Waals surface area contributed by atoms with Gasteiger partial charge in [0.1, 0.15) is 0 Å². The summed E-state index contributed by atoms with van der Waals surface area (Å²) in [6.07, 6.45) is 3.04. The van der Waals surface area contributed by atoms with Crippen LogP contribution in [0.3, 0.4) is 0 Å². The summed E-state index contributed by atoms with van der Waals surface area (Å²) >= 11 is 0. The fourth-order valence-electron chi connectivity index (χ4n) is 2.04. The second kappa shape index (κ2) is 3.55. The van der Waals surface area contributed by atoms with Gasteiger partial charge in [-0.1, -0.05) is 0 Å². The zero-order valence-electron chi connectivity index (χ0n) is 8.46. The Morgan fingerprint density at radius 2 is 2.40 bits per heavy atom. The number of hydrogen-bond acceptors (Lipinski definition) is 3. The molecule has 4 nitrogen and oxygen atoms in total. The molecule has 1 aliphatic heterocycles. The van der Waals surface area contributed by atoms with Gasteiger partial charge >= 0.3 is 0 Å². The zero-order chi connectivity index (χ0) is 10.1. The number of hydrogen-bond donors (Lipinski definition) is 3. The number of nitrogens with zero attached hydrogens (tertiary/aromatic N) is 1. The molecule has 3 rings (SSSR count). The van der Waals surface area contributed by atoms with E-state index >= 15 is 0 Å². The van der Waals surface area contributed by atoms with Crippen LogP contribution in [0.1, 0.15) is 6.42 Å². The van der Waals surface area contributed by atoms with Gasteiger partial charge in [0.05, 0.1) is 11.7 Å². The van der Waals surface area contributed by atoms with Crippen LogP contribution in [0.5, 0.6) is 0 Å². The molecule has 0 bridgehead atoms. The molecule has 15 heavy (non-hydrogen) atoms. The van der Waals surface area contributed by atoms with Crippen molar-refractivity contribution in [2.24, 2.45) is 0 Å². The van der Waals surface area contributed by atoms with Crippen molar-refractivity contribution in [2.45, 2.75) is 12.5 Å². The highest BCUT2D eigenvalue weighted by atomic mass is 15.1. The summed E-state index contributed by atoms with van der Waals surface area (Å²) in [5.74, 6) is 0. The zero-order valence-corrected chi connectivity index (χ0v) is 8.46. The van der Waals surface area contributed by atoms with Gasteiger partial charge in [-0.05, 0) is 31.2 Å². The molecule has 0 spiro atoms. The van der Waals surface area contributed by atoms with E-state index in [-0.39, 0.29) is 0 Å². The Labute approximate surface area is 88.1 Å². The van der Waals surface area contributed by atoms with Gasteiger partial charge in [-0.15, -0.1) is 0 Å². The predicted octanol–water partition coefficient (Wildman–Crippen LogP) is 1.34. The van der Waals surface area contributed by atoms with Crippen molar-refractivity contribution >= 4 is 16.6 Å². The van der Waals surface area contributed by atoms with Crippen molar-refractivity contribution in [2.75, 3.05) is 18.4 Å². The van der Waals surface area contributed by atoms with Crippen molar-refractivity contribution in [1.82, 2.24) is 15.5 Å². The first-order valence-electron chi connectivity index (χ1n) is 5.32. The third-order valence-electron chi connectivity index (χ3n) is 2.87. The molecule has 1 fully saturated rings. The lowest BCUT2D eigenvalue weighted by molar-refractivity contribution is 0.793. The Hall–Kier alpha value is -1.55. The van der Waals surface area contributed by atoms with Gasteiger partial charge in [-0.25, -0.2) is 0 Å². The minimum Gasteiger partial charge on any atom is -0.381 e. The van der Waals surface area contributed by atoms with Gasteiger partial charge in [0.2, 0.25) is 0 Å². The smallest absolute Gasteiger partial charge is 0.0670 e. The average molecular weight is 202 g/mol. The SMILES string of the molecule is c1cc2cn[nH]c2cc1NC1CCNC1. The molecule has 4 heteroatoms. The largest absolute Gasteiger partial charge is 0.381 e. The lowest BCUT2D eigenvalue weighted by atomic mass is 10.2. The van der Waals surface area contributed by atoms with Crippen molar-refractivity contribution < 1.29 is 0 Å². The van der Waals surface area contributed by atoms with E-state index in [1.54, 1.807) is 0 Å². The molecule has 2 heterocycles.